The molecule has 21 heavy (non-hydrogen) atoms. The fourth-order valence-corrected chi connectivity index (χ4v) is 3.57. The smallest absolute Gasteiger partial charge is 0.137 e. The molecule has 108 valence electrons. The average Bonchev–Trinajstić information content (AvgIpc) is 3.16. The number of nitrogens with zero attached hydrogens (tertiary/aromatic N) is 2. The van der Waals surface area contributed by atoms with Crippen LogP contribution in [-0.4, -0.2) is 16.2 Å². The maximum absolute atomic E-state index is 4.60. The second-order valence-electron chi connectivity index (χ2n) is 6.20. The monoisotopic (exact) mass is 281 g/mol. The Morgan fingerprint density at radius 1 is 1.24 bits per heavy atom. The summed E-state index contributed by atoms with van der Waals surface area (Å²) >= 11 is 0. The summed E-state index contributed by atoms with van der Waals surface area (Å²) in [7, 11) is 0. The van der Waals surface area contributed by atoms with Gasteiger partial charge in [-0.2, -0.15) is 5.43 Å². The van der Waals surface area contributed by atoms with E-state index in [0.29, 0.717) is 0 Å². The Hall–Kier alpha value is -1.94. The fourth-order valence-electron chi connectivity index (χ4n) is 3.57. The molecule has 4 rings (SSSR count). The molecule has 0 atom stereocenters. The zero-order valence-electron chi connectivity index (χ0n) is 12.2. The molecule has 1 aliphatic carbocycles. The van der Waals surface area contributed by atoms with Gasteiger partial charge in [-0.25, -0.2) is 4.98 Å². The van der Waals surface area contributed by atoms with Gasteiger partial charge in [0.15, 0.2) is 0 Å². The Morgan fingerprint density at radius 2 is 2.14 bits per heavy atom. The Morgan fingerprint density at radius 3 is 2.95 bits per heavy atom. The van der Waals surface area contributed by atoms with Gasteiger partial charge in [0.1, 0.15) is 11.8 Å². The molecule has 3 N–H and O–H groups in total. The minimum absolute atomic E-state index is 0.848. The number of quaternary nitrogens is 1. The first-order valence-corrected chi connectivity index (χ1v) is 7.93. The van der Waals surface area contributed by atoms with Crippen molar-refractivity contribution in [2.75, 3.05) is 0 Å². The number of rotatable bonds is 3. The summed E-state index contributed by atoms with van der Waals surface area (Å²) in [4.78, 5) is 7.87. The van der Waals surface area contributed by atoms with Gasteiger partial charge in [0, 0.05) is 23.3 Å². The topological polar surface area (TPSA) is 57.6 Å². The highest BCUT2D eigenvalue weighted by molar-refractivity contribution is 6.14. The van der Waals surface area contributed by atoms with Crippen LogP contribution in [0.15, 0.2) is 29.8 Å². The van der Waals surface area contributed by atoms with Crippen LogP contribution < -0.4 is 5.43 Å². The van der Waals surface area contributed by atoms with E-state index in [1.165, 1.54) is 55.0 Å². The summed E-state index contributed by atoms with van der Waals surface area (Å²) in [6.07, 6.45) is 16.2. The summed E-state index contributed by atoms with van der Waals surface area (Å²) in [5.41, 5.74) is 6.56. The molecule has 0 unspecified atom stereocenters. The predicted molar refractivity (Wildman–Crippen MR) is 84.8 cm³/mol. The molecule has 0 radical (unpaired) electrons. The Kier molecular flexibility index (Phi) is 3.31. The summed E-state index contributed by atoms with van der Waals surface area (Å²) < 4.78 is 0. The predicted octanol–water partition coefficient (Wildman–Crippen LogP) is 2.59. The molecule has 4 heteroatoms. The summed E-state index contributed by atoms with van der Waals surface area (Å²) in [6.45, 7) is 0. The highest BCUT2D eigenvalue weighted by atomic mass is 15.3. The first-order chi connectivity index (χ1) is 10.4. The standard InChI is InChI=1S/C17H20N4/c1-2-4-12(5-3-1)6-13-7-15-16(14-9-20-21-10-14)11-19-17(15)18-8-13/h7-12H,1-6H2,(H,18,19)(H,20,21)/p+1. The number of H-pyrrole nitrogens is 1. The summed E-state index contributed by atoms with van der Waals surface area (Å²) in [5, 5.41) is 5.39. The van der Waals surface area contributed by atoms with Crippen molar-refractivity contribution in [3.63, 3.8) is 0 Å². The van der Waals surface area contributed by atoms with E-state index in [2.05, 4.69) is 27.3 Å². The quantitative estimate of drug-likeness (QED) is 0.835. The van der Waals surface area contributed by atoms with Crippen molar-refractivity contribution in [3.8, 4) is 0 Å². The van der Waals surface area contributed by atoms with Crippen LogP contribution >= 0.6 is 0 Å². The molecule has 0 amide bonds. The number of nitrogens with two attached hydrogens (primary N) is 1. The zero-order valence-corrected chi connectivity index (χ0v) is 12.2. The second kappa shape index (κ2) is 5.45. The molecule has 1 fully saturated rings. The molecule has 0 aromatic carbocycles. The van der Waals surface area contributed by atoms with Crippen molar-refractivity contribution >= 4 is 22.8 Å². The van der Waals surface area contributed by atoms with Crippen molar-refractivity contribution in [3.05, 3.63) is 35.8 Å². The number of pyridine rings is 1. The minimum atomic E-state index is 0.848. The molecule has 3 heterocycles. The SMILES string of the molecule is C1=N[NH2+]C=C1c1c[nH]c2ncc(CC3CCCCC3)cc12. The van der Waals surface area contributed by atoms with Gasteiger partial charge in [-0.05, 0) is 24.0 Å². The number of aromatic amines is 1. The van der Waals surface area contributed by atoms with Gasteiger partial charge in [-0.3, -0.25) is 0 Å². The number of nitrogens with one attached hydrogen (secondary N) is 1. The van der Waals surface area contributed by atoms with Crippen LogP contribution in [0.4, 0.5) is 0 Å². The summed E-state index contributed by atoms with van der Waals surface area (Å²) in [6, 6.07) is 2.32. The summed E-state index contributed by atoms with van der Waals surface area (Å²) in [5.74, 6) is 0.848. The number of hydrogen-bond donors (Lipinski definition) is 2. The van der Waals surface area contributed by atoms with E-state index in [0.717, 1.165) is 17.1 Å². The zero-order chi connectivity index (χ0) is 14.1. The molecule has 4 nitrogen and oxygen atoms in total. The van der Waals surface area contributed by atoms with Crippen molar-refractivity contribution in [2.45, 2.75) is 38.5 Å². The van der Waals surface area contributed by atoms with Gasteiger partial charge in [-0.1, -0.05) is 37.2 Å². The number of hydrogen-bond acceptors (Lipinski definition) is 2. The van der Waals surface area contributed by atoms with Gasteiger partial charge in [0.05, 0.1) is 11.8 Å². The molecule has 0 spiro atoms. The first kappa shape index (κ1) is 12.8. The third-order valence-electron chi connectivity index (χ3n) is 4.70. The van der Waals surface area contributed by atoms with E-state index in [4.69, 9.17) is 0 Å². The van der Waals surface area contributed by atoms with Crippen molar-refractivity contribution in [2.24, 2.45) is 11.0 Å². The van der Waals surface area contributed by atoms with Gasteiger partial charge >= 0.3 is 0 Å². The van der Waals surface area contributed by atoms with Gasteiger partial charge in [0.2, 0.25) is 0 Å². The lowest BCUT2D eigenvalue weighted by Gasteiger charge is -2.21. The fraction of sp³-hybridized carbons (Fsp3) is 0.412. The molecular formula is C17H21N4+. The lowest BCUT2D eigenvalue weighted by Crippen LogP contribution is -2.69. The van der Waals surface area contributed by atoms with Crippen molar-refractivity contribution in [1.29, 1.82) is 0 Å². The van der Waals surface area contributed by atoms with Crippen molar-refractivity contribution < 1.29 is 5.43 Å². The highest BCUT2D eigenvalue weighted by Crippen LogP contribution is 2.29. The van der Waals surface area contributed by atoms with Crippen LogP contribution in [0.1, 0.15) is 43.2 Å². The van der Waals surface area contributed by atoms with Crippen LogP contribution in [0.25, 0.3) is 16.6 Å². The van der Waals surface area contributed by atoms with Crippen LogP contribution in [0.2, 0.25) is 0 Å². The Balaban J connectivity index is 1.64. The van der Waals surface area contributed by atoms with Crippen LogP contribution in [-0.2, 0) is 6.42 Å². The lowest BCUT2D eigenvalue weighted by atomic mass is 9.85. The van der Waals surface area contributed by atoms with E-state index in [-0.39, 0.29) is 0 Å². The Labute approximate surface area is 124 Å². The first-order valence-electron chi connectivity index (χ1n) is 7.93. The number of allylic oxidation sites excluding steroid dienone is 1. The van der Waals surface area contributed by atoms with E-state index >= 15 is 0 Å². The van der Waals surface area contributed by atoms with Gasteiger partial charge in [-0.15, -0.1) is 0 Å². The van der Waals surface area contributed by atoms with Gasteiger partial charge in [0.25, 0.3) is 0 Å². The normalized spacial score (nSPS) is 19.3. The molecule has 0 bridgehead atoms. The van der Waals surface area contributed by atoms with E-state index < -0.39 is 0 Å². The lowest BCUT2D eigenvalue weighted by molar-refractivity contribution is -0.589. The van der Waals surface area contributed by atoms with E-state index in [1.807, 2.05) is 24.0 Å². The second-order valence-corrected chi connectivity index (χ2v) is 6.20. The van der Waals surface area contributed by atoms with E-state index in [1.54, 1.807) is 0 Å². The molecule has 2 aliphatic rings. The molecule has 1 aliphatic heterocycles. The minimum Gasteiger partial charge on any atom is -0.346 e. The Bertz CT molecular complexity index is 705. The third kappa shape index (κ3) is 2.51. The third-order valence-corrected chi connectivity index (χ3v) is 4.70. The van der Waals surface area contributed by atoms with Crippen LogP contribution in [0.5, 0.6) is 0 Å². The number of fused-ring (bicyclic) bond motifs is 1. The number of aromatic nitrogens is 2. The van der Waals surface area contributed by atoms with Crippen molar-refractivity contribution in [1.82, 2.24) is 9.97 Å². The molecule has 1 saturated carbocycles. The maximum atomic E-state index is 4.60. The largest absolute Gasteiger partial charge is 0.346 e. The highest BCUT2D eigenvalue weighted by Gasteiger charge is 2.16. The average molecular weight is 281 g/mol. The maximum Gasteiger partial charge on any atom is 0.137 e. The van der Waals surface area contributed by atoms with Crippen LogP contribution in [0, 0.1) is 5.92 Å². The molecular weight excluding hydrogens is 260 g/mol. The van der Waals surface area contributed by atoms with E-state index in [9.17, 15) is 0 Å². The van der Waals surface area contributed by atoms with Crippen LogP contribution in [0.3, 0.4) is 0 Å². The van der Waals surface area contributed by atoms with Gasteiger partial charge < -0.3 is 4.98 Å². The molecule has 0 saturated heterocycles. The molecule has 2 aromatic rings. The molecule has 2 aromatic heterocycles.